The topological polar surface area (TPSA) is 69.7 Å². The number of hydrogen-bond acceptors (Lipinski definition) is 6. The van der Waals surface area contributed by atoms with Crippen molar-refractivity contribution in [1.82, 2.24) is 0 Å². The zero-order chi connectivity index (χ0) is 10.7. The predicted octanol–water partition coefficient (Wildman–Crippen LogP) is -0.367. The number of carbonyl (C=O) groups excluding carboxylic acids is 3. The minimum Gasteiger partial charge on any atom is -0.468 e. The molecule has 2 atom stereocenters. The molecule has 0 aliphatic carbocycles. The SMILES string of the molecule is COC(=O)[C@@H]1C(=O)CS[C@H]1C(=O)OC. The van der Waals surface area contributed by atoms with E-state index in [9.17, 15) is 14.4 Å². The van der Waals surface area contributed by atoms with Crippen LogP contribution in [0.3, 0.4) is 0 Å². The molecule has 0 bridgehead atoms. The number of esters is 2. The molecule has 1 aliphatic rings. The maximum absolute atomic E-state index is 11.3. The molecule has 0 N–H and O–H groups in total. The summed E-state index contributed by atoms with van der Waals surface area (Å²) in [5.74, 6) is -2.36. The Balaban J connectivity index is 2.81. The van der Waals surface area contributed by atoms with Gasteiger partial charge in [0.05, 0.1) is 20.0 Å². The summed E-state index contributed by atoms with van der Waals surface area (Å²) in [5.41, 5.74) is 0. The van der Waals surface area contributed by atoms with Crippen molar-refractivity contribution in [3.05, 3.63) is 0 Å². The summed E-state index contributed by atoms with van der Waals surface area (Å²) in [4.78, 5) is 33.7. The molecule has 0 saturated carbocycles. The Morgan fingerprint density at radius 1 is 1.29 bits per heavy atom. The Labute approximate surface area is 85.1 Å². The van der Waals surface area contributed by atoms with Crippen molar-refractivity contribution < 1.29 is 23.9 Å². The second-order valence-electron chi connectivity index (χ2n) is 2.72. The number of thioether (sulfide) groups is 1. The summed E-state index contributed by atoms with van der Waals surface area (Å²) in [6.07, 6.45) is 0. The summed E-state index contributed by atoms with van der Waals surface area (Å²) >= 11 is 1.11. The third kappa shape index (κ3) is 1.89. The van der Waals surface area contributed by atoms with Gasteiger partial charge in [0.1, 0.15) is 11.2 Å². The third-order valence-corrected chi connectivity index (χ3v) is 3.22. The van der Waals surface area contributed by atoms with Gasteiger partial charge in [-0.2, -0.15) is 0 Å². The number of hydrogen-bond donors (Lipinski definition) is 0. The molecule has 1 fully saturated rings. The highest BCUT2D eigenvalue weighted by molar-refractivity contribution is 8.01. The lowest BCUT2D eigenvalue weighted by atomic mass is 10.0. The van der Waals surface area contributed by atoms with E-state index in [-0.39, 0.29) is 11.5 Å². The van der Waals surface area contributed by atoms with E-state index in [2.05, 4.69) is 9.47 Å². The molecule has 6 heteroatoms. The van der Waals surface area contributed by atoms with Crippen LogP contribution < -0.4 is 0 Å². The first-order valence-electron chi connectivity index (χ1n) is 3.91. The molecular weight excluding hydrogens is 208 g/mol. The molecule has 78 valence electrons. The van der Waals surface area contributed by atoms with Gasteiger partial charge in [0, 0.05) is 0 Å². The Morgan fingerprint density at radius 2 is 1.86 bits per heavy atom. The van der Waals surface area contributed by atoms with E-state index in [1.165, 1.54) is 14.2 Å². The van der Waals surface area contributed by atoms with E-state index in [4.69, 9.17) is 0 Å². The number of ether oxygens (including phenoxy) is 2. The van der Waals surface area contributed by atoms with E-state index < -0.39 is 23.1 Å². The first kappa shape index (κ1) is 11.0. The largest absolute Gasteiger partial charge is 0.468 e. The van der Waals surface area contributed by atoms with Crippen LogP contribution in [0.1, 0.15) is 0 Å². The van der Waals surface area contributed by atoms with Gasteiger partial charge in [0.15, 0.2) is 5.78 Å². The number of Topliss-reactive ketones (excluding diaryl/α,β-unsaturated/α-hetero) is 1. The Hall–Kier alpha value is -1.04. The summed E-state index contributed by atoms with van der Waals surface area (Å²) in [7, 11) is 2.41. The average Bonchev–Trinajstić information content (AvgIpc) is 2.58. The third-order valence-electron chi connectivity index (χ3n) is 1.94. The van der Waals surface area contributed by atoms with Gasteiger partial charge in [-0.05, 0) is 0 Å². The van der Waals surface area contributed by atoms with Crippen molar-refractivity contribution in [2.24, 2.45) is 5.92 Å². The van der Waals surface area contributed by atoms with Gasteiger partial charge in [0.25, 0.3) is 0 Å². The van der Waals surface area contributed by atoms with Crippen LogP contribution in [-0.2, 0) is 23.9 Å². The monoisotopic (exact) mass is 218 g/mol. The second kappa shape index (κ2) is 4.45. The van der Waals surface area contributed by atoms with Crippen LogP contribution in [-0.4, -0.2) is 42.9 Å². The summed E-state index contributed by atoms with van der Waals surface area (Å²) in [5, 5.41) is -0.750. The number of carbonyl (C=O) groups is 3. The molecule has 1 aliphatic heterocycles. The highest BCUT2D eigenvalue weighted by Crippen LogP contribution is 2.31. The molecule has 0 spiro atoms. The van der Waals surface area contributed by atoms with Crippen molar-refractivity contribution in [3.8, 4) is 0 Å². The molecular formula is C8H10O5S. The fourth-order valence-electron chi connectivity index (χ4n) is 1.23. The van der Waals surface area contributed by atoms with Gasteiger partial charge in [0.2, 0.25) is 0 Å². The van der Waals surface area contributed by atoms with Gasteiger partial charge < -0.3 is 9.47 Å². The van der Waals surface area contributed by atoms with Crippen LogP contribution >= 0.6 is 11.8 Å². The fraction of sp³-hybridized carbons (Fsp3) is 0.625. The minimum atomic E-state index is -1.00. The van der Waals surface area contributed by atoms with Gasteiger partial charge in [-0.25, -0.2) is 0 Å². The van der Waals surface area contributed by atoms with Crippen LogP contribution in [0.4, 0.5) is 0 Å². The van der Waals surface area contributed by atoms with Crippen molar-refractivity contribution in [2.45, 2.75) is 5.25 Å². The molecule has 0 aromatic heterocycles. The molecule has 5 nitrogen and oxygen atoms in total. The lowest BCUT2D eigenvalue weighted by Crippen LogP contribution is -2.34. The Bertz CT molecular complexity index is 275. The van der Waals surface area contributed by atoms with Crippen molar-refractivity contribution in [2.75, 3.05) is 20.0 Å². The standard InChI is InChI=1S/C8H10O5S/c1-12-7(10)5-4(9)3-14-6(5)8(11)13-2/h5-6H,3H2,1-2H3/t5-,6-/m1/s1. The molecule has 1 heterocycles. The number of methoxy groups -OCH3 is 2. The molecule has 1 saturated heterocycles. The van der Waals surface area contributed by atoms with E-state index in [0.717, 1.165) is 11.8 Å². The van der Waals surface area contributed by atoms with E-state index >= 15 is 0 Å². The highest BCUT2D eigenvalue weighted by Gasteiger charge is 2.46. The molecule has 0 unspecified atom stereocenters. The first-order chi connectivity index (χ1) is 6.61. The van der Waals surface area contributed by atoms with E-state index in [1.807, 2.05) is 0 Å². The van der Waals surface area contributed by atoms with Crippen LogP contribution in [0.15, 0.2) is 0 Å². The lowest BCUT2D eigenvalue weighted by molar-refractivity contribution is -0.153. The van der Waals surface area contributed by atoms with Gasteiger partial charge in [-0.3, -0.25) is 14.4 Å². The van der Waals surface area contributed by atoms with Crippen molar-refractivity contribution >= 4 is 29.5 Å². The summed E-state index contributed by atoms with van der Waals surface area (Å²) in [6.45, 7) is 0. The van der Waals surface area contributed by atoms with Crippen molar-refractivity contribution in [3.63, 3.8) is 0 Å². The first-order valence-corrected chi connectivity index (χ1v) is 4.96. The smallest absolute Gasteiger partial charge is 0.320 e. The van der Waals surface area contributed by atoms with Crippen molar-refractivity contribution in [1.29, 1.82) is 0 Å². The molecule has 14 heavy (non-hydrogen) atoms. The summed E-state index contributed by atoms with van der Waals surface area (Å²) in [6, 6.07) is 0. The van der Waals surface area contributed by atoms with Crippen LogP contribution in [0.25, 0.3) is 0 Å². The van der Waals surface area contributed by atoms with E-state index in [0.29, 0.717) is 0 Å². The normalized spacial score (nSPS) is 26.0. The molecule has 1 rings (SSSR count). The van der Waals surface area contributed by atoms with Crippen LogP contribution in [0.2, 0.25) is 0 Å². The highest BCUT2D eigenvalue weighted by atomic mass is 32.2. The van der Waals surface area contributed by atoms with E-state index in [1.54, 1.807) is 0 Å². The van der Waals surface area contributed by atoms with Crippen LogP contribution in [0, 0.1) is 5.92 Å². The summed E-state index contributed by atoms with van der Waals surface area (Å²) < 4.78 is 8.94. The maximum Gasteiger partial charge on any atom is 0.320 e. The molecule has 0 radical (unpaired) electrons. The zero-order valence-corrected chi connectivity index (χ0v) is 8.63. The minimum absolute atomic E-state index is 0.152. The number of rotatable bonds is 2. The number of ketones is 1. The maximum atomic E-state index is 11.3. The molecule has 0 amide bonds. The molecule has 0 aromatic rings. The molecule has 0 aromatic carbocycles. The van der Waals surface area contributed by atoms with Gasteiger partial charge >= 0.3 is 11.9 Å². The zero-order valence-electron chi connectivity index (χ0n) is 7.81. The van der Waals surface area contributed by atoms with Crippen LogP contribution in [0.5, 0.6) is 0 Å². The predicted molar refractivity (Wildman–Crippen MR) is 48.8 cm³/mol. The fourth-order valence-corrected chi connectivity index (χ4v) is 2.44. The lowest BCUT2D eigenvalue weighted by Gasteiger charge is -2.12. The Morgan fingerprint density at radius 3 is 2.36 bits per heavy atom. The van der Waals surface area contributed by atoms with Gasteiger partial charge in [-0.1, -0.05) is 0 Å². The average molecular weight is 218 g/mol. The quantitative estimate of drug-likeness (QED) is 0.465. The Kier molecular flexibility index (Phi) is 3.51. The van der Waals surface area contributed by atoms with Gasteiger partial charge in [-0.15, -0.1) is 11.8 Å². The second-order valence-corrected chi connectivity index (χ2v) is 3.85.